The van der Waals surface area contributed by atoms with Gasteiger partial charge in [0.15, 0.2) is 6.29 Å². The molecule has 6 N–H and O–H groups in total. The van der Waals surface area contributed by atoms with Gasteiger partial charge in [-0.05, 0) is 19.3 Å². The summed E-state index contributed by atoms with van der Waals surface area (Å²) in [6, 6.07) is -0.798. The van der Waals surface area contributed by atoms with E-state index in [-0.39, 0.29) is 12.5 Å². The lowest BCUT2D eigenvalue weighted by molar-refractivity contribution is -0.302. The van der Waals surface area contributed by atoms with Gasteiger partial charge in [0.1, 0.15) is 24.4 Å². The maximum atomic E-state index is 13.0. The highest BCUT2D eigenvalue weighted by Gasteiger charge is 2.44. The summed E-state index contributed by atoms with van der Waals surface area (Å²) >= 11 is 0. The van der Waals surface area contributed by atoms with E-state index in [0.29, 0.717) is 6.42 Å². The van der Waals surface area contributed by atoms with Crippen LogP contribution >= 0.6 is 0 Å². The predicted octanol–water partition coefficient (Wildman–Crippen LogP) is 12.5. The van der Waals surface area contributed by atoms with Crippen LogP contribution in [0.1, 0.15) is 264 Å². The molecule has 1 amide bonds. The Bertz CT molecular complexity index is 981. The molecule has 0 aromatic carbocycles. The van der Waals surface area contributed by atoms with E-state index in [4.69, 9.17) is 9.47 Å². The van der Waals surface area contributed by atoms with E-state index in [2.05, 4.69) is 19.2 Å². The molecular formula is C53H103NO8. The molecule has 1 heterocycles. The minimum atomic E-state index is -1.56. The summed E-state index contributed by atoms with van der Waals surface area (Å²) in [4.78, 5) is 13.0. The van der Waals surface area contributed by atoms with E-state index in [0.717, 1.165) is 38.5 Å². The standard InChI is InChI=1S/C53H103NO8/c1-3-5-7-9-11-13-15-17-18-19-20-21-22-23-24-25-26-27-28-29-30-31-33-35-37-39-41-43-49(57)54-46(45-61-53-52(60)51(59)50(58)48(44-55)62-53)47(56)42-40-38-36-34-32-16-14-12-10-8-6-4-2/h40,42,46-48,50-53,55-56,58-60H,3-39,41,43-45H2,1-2H3,(H,54,57)/b42-40+/t46-,47+,48+,50+,51?,52?,53+/m0/s1. The van der Waals surface area contributed by atoms with Crippen molar-refractivity contribution in [3.63, 3.8) is 0 Å². The van der Waals surface area contributed by atoms with Gasteiger partial charge in [0.05, 0.1) is 25.4 Å². The summed E-state index contributed by atoms with van der Waals surface area (Å²) in [5.41, 5.74) is 0. The van der Waals surface area contributed by atoms with E-state index in [9.17, 15) is 30.3 Å². The lowest BCUT2D eigenvalue weighted by Crippen LogP contribution is -2.60. The minimum Gasteiger partial charge on any atom is -0.394 e. The first kappa shape index (κ1) is 58.9. The number of amides is 1. The largest absolute Gasteiger partial charge is 0.394 e. The smallest absolute Gasteiger partial charge is 0.220 e. The molecule has 368 valence electrons. The zero-order valence-electron chi connectivity index (χ0n) is 40.6. The van der Waals surface area contributed by atoms with Crippen LogP contribution in [0.5, 0.6) is 0 Å². The summed E-state index contributed by atoms with van der Waals surface area (Å²) in [7, 11) is 0. The molecule has 62 heavy (non-hydrogen) atoms. The van der Waals surface area contributed by atoms with E-state index in [1.165, 1.54) is 205 Å². The number of hydrogen-bond donors (Lipinski definition) is 6. The molecule has 0 aromatic heterocycles. The number of allylic oxidation sites excluding steroid dienone is 1. The second-order valence-corrected chi connectivity index (χ2v) is 19.0. The Morgan fingerprint density at radius 2 is 0.887 bits per heavy atom. The van der Waals surface area contributed by atoms with Gasteiger partial charge in [-0.1, -0.05) is 251 Å². The Hall–Kier alpha value is -1.07. The zero-order chi connectivity index (χ0) is 45.1. The van der Waals surface area contributed by atoms with Crippen molar-refractivity contribution >= 4 is 5.91 Å². The van der Waals surface area contributed by atoms with Gasteiger partial charge in [0.25, 0.3) is 0 Å². The number of unbranched alkanes of at least 4 members (excludes halogenated alkanes) is 36. The second kappa shape index (κ2) is 43.8. The molecule has 1 aliphatic heterocycles. The fraction of sp³-hybridized carbons (Fsp3) is 0.943. The molecule has 0 spiro atoms. The van der Waals surface area contributed by atoms with Gasteiger partial charge in [0, 0.05) is 6.42 Å². The molecule has 1 aliphatic rings. The topological polar surface area (TPSA) is 149 Å². The van der Waals surface area contributed by atoms with Gasteiger partial charge >= 0.3 is 0 Å². The zero-order valence-corrected chi connectivity index (χ0v) is 40.6. The van der Waals surface area contributed by atoms with Gasteiger partial charge in [-0.25, -0.2) is 0 Å². The molecule has 0 bridgehead atoms. The van der Waals surface area contributed by atoms with Crippen molar-refractivity contribution in [2.75, 3.05) is 13.2 Å². The van der Waals surface area contributed by atoms with E-state index in [1.54, 1.807) is 6.08 Å². The molecule has 0 aliphatic carbocycles. The van der Waals surface area contributed by atoms with Crippen LogP contribution < -0.4 is 5.32 Å². The van der Waals surface area contributed by atoms with Crippen LogP contribution in [0, 0.1) is 0 Å². The SMILES string of the molecule is CCCCCCCCCCCC/C=C/[C@@H](O)[C@H](CO[C@@H]1O[C@H](CO)[C@@H](O)C(O)C1O)NC(=O)CCCCCCCCCCCCCCCCCCCCCCCCCCCCC. The fourth-order valence-electron chi connectivity index (χ4n) is 8.81. The predicted molar refractivity (Wildman–Crippen MR) is 258 cm³/mol. The fourth-order valence-corrected chi connectivity index (χ4v) is 8.81. The van der Waals surface area contributed by atoms with Crippen molar-refractivity contribution < 1.29 is 39.8 Å². The van der Waals surface area contributed by atoms with Crippen molar-refractivity contribution in [2.24, 2.45) is 0 Å². The summed E-state index contributed by atoms with van der Waals surface area (Å²) in [5.74, 6) is -0.172. The first-order valence-corrected chi connectivity index (χ1v) is 26.9. The van der Waals surface area contributed by atoms with Crippen molar-refractivity contribution in [2.45, 2.75) is 307 Å². The molecule has 9 heteroatoms. The average molecular weight is 882 g/mol. The lowest BCUT2D eigenvalue weighted by atomic mass is 9.99. The molecule has 1 fully saturated rings. The molecule has 9 nitrogen and oxygen atoms in total. The van der Waals surface area contributed by atoms with E-state index in [1.807, 2.05) is 6.08 Å². The highest BCUT2D eigenvalue weighted by atomic mass is 16.7. The number of aliphatic hydroxyl groups is 5. The third-order valence-corrected chi connectivity index (χ3v) is 13.1. The Balaban J connectivity index is 2.16. The van der Waals surface area contributed by atoms with E-state index >= 15 is 0 Å². The third kappa shape index (κ3) is 33.4. The van der Waals surface area contributed by atoms with Gasteiger partial charge < -0.3 is 40.3 Å². The van der Waals surface area contributed by atoms with Crippen molar-refractivity contribution in [3.05, 3.63) is 12.2 Å². The number of carbonyl (C=O) groups is 1. The average Bonchev–Trinajstić information content (AvgIpc) is 3.27. The minimum absolute atomic E-state index is 0.172. The van der Waals surface area contributed by atoms with Crippen LogP contribution in [0.3, 0.4) is 0 Å². The van der Waals surface area contributed by atoms with Gasteiger partial charge in [-0.15, -0.1) is 0 Å². The molecule has 1 rings (SSSR count). The number of ether oxygens (including phenoxy) is 2. The van der Waals surface area contributed by atoms with Crippen molar-refractivity contribution in [3.8, 4) is 0 Å². The molecular weight excluding hydrogens is 779 g/mol. The third-order valence-electron chi connectivity index (χ3n) is 13.1. The van der Waals surface area contributed by atoms with Crippen LogP contribution in [0.4, 0.5) is 0 Å². The maximum Gasteiger partial charge on any atom is 0.220 e. The summed E-state index contributed by atoms with van der Waals surface area (Å²) in [5, 5.41) is 54.3. The van der Waals surface area contributed by atoms with Gasteiger partial charge in [0.2, 0.25) is 5.91 Å². The number of hydrogen-bond acceptors (Lipinski definition) is 8. The number of nitrogens with one attached hydrogen (secondary N) is 1. The van der Waals surface area contributed by atoms with Crippen LogP contribution in [0.2, 0.25) is 0 Å². The molecule has 0 aromatic rings. The lowest BCUT2D eigenvalue weighted by Gasteiger charge is -2.40. The quantitative estimate of drug-likeness (QED) is 0.0261. The Morgan fingerprint density at radius 1 is 0.532 bits per heavy atom. The Morgan fingerprint density at radius 3 is 1.26 bits per heavy atom. The summed E-state index contributed by atoms with van der Waals surface area (Å²) < 4.78 is 11.2. The van der Waals surface area contributed by atoms with Crippen LogP contribution in [-0.2, 0) is 14.3 Å². The highest BCUT2D eigenvalue weighted by molar-refractivity contribution is 5.76. The molecule has 0 radical (unpaired) electrons. The normalized spacial score (nSPS) is 20.3. The second-order valence-electron chi connectivity index (χ2n) is 19.0. The molecule has 2 unspecified atom stereocenters. The van der Waals surface area contributed by atoms with E-state index < -0.39 is 49.5 Å². The Labute approximate surface area is 382 Å². The molecule has 7 atom stereocenters. The van der Waals surface area contributed by atoms with Crippen LogP contribution in [0.15, 0.2) is 12.2 Å². The first-order chi connectivity index (χ1) is 30.3. The summed E-state index contributed by atoms with van der Waals surface area (Å²) in [6.45, 7) is 3.79. The van der Waals surface area contributed by atoms with Crippen LogP contribution in [0.25, 0.3) is 0 Å². The van der Waals surface area contributed by atoms with Crippen molar-refractivity contribution in [1.29, 1.82) is 0 Å². The monoisotopic (exact) mass is 882 g/mol. The molecule has 1 saturated heterocycles. The molecule has 0 saturated carbocycles. The van der Waals surface area contributed by atoms with Gasteiger partial charge in [-0.2, -0.15) is 0 Å². The number of aliphatic hydroxyl groups excluding tert-OH is 5. The first-order valence-electron chi connectivity index (χ1n) is 26.9. The Kier molecular flexibility index (Phi) is 41.6. The van der Waals surface area contributed by atoms with Crippen LogP contribution in [-0.4, -0.2) is 87.5 Å². The number of rotatable bonds is 46. The van der Waals surface area contributed by atoms with Crippen molar-refractivity contribution in [1.82, 2.24) is 5.32 Å². The maximum absolute atomic E-state index is 13.0. The number of carbonyl (C=O) groups excluding carboxylic acids is 1. The summed E-state index contributed by atoms with van der Waals surface area (Å²) in [6.07, 6.45) is 45.7. The van der Waals surface area contributed by atoms with Gasteiger partial charge in [-0.3, -0.25) is 4.79 Å². The highest BCUT2D eigenvalue weighted by Crippen LogP contribution is 2.23.